The molecule has 0 bridgehead atoms. The van der Waals surface area contributed by atoms with Gasteiger partial charge in [0.05, 0.1) is 30.4 Å². The van der Waals surface area contributed by atoms with Gasteiger partial charge < -0.3 is 4.74 Å². The minimum Gasteiger partial charge on any atom is -0.497 e. The van der Waals surface area contributed by atoms with E-state index in [-0.39, 0.29) is 0 Å². The molecule has 0 spiro atoms. The molecule has 6 nitrogen and oxygen atoms in total. The van der Waals surface area contributed by atoms with Crippen LogP contribution in [0.15, 0.2) is 101 Å². The van der Waals surface area contributed by atoms with Gasteiger partial charge in [-0.15, -0.1) is 10.2 Å². The van der Waals surface area contributed by atoms with Crippen LogP contribution in [0.25, 0.3) is 33.8 Å². The third-order valence-corrected chi connectivity index (χ3v) is 4.31. The van der Waals surface area contributed by atoms with Crippen molar-refractivity contribution in [3.8, 4) is 39.5 Å². The fourth-order valence-electron chi connectivity index (χ4n) is 2.96. The summed E-state index contributed by atoms with van der Waals surface area (Å²) in [6.07, 6.45) is 0. The van der Waals surface area contributed by atoms with E-state index < -0.39 is 10.2 Å². The van der Waals surface area contributed by atoms with Crippen LogP contribution in [0.4, 0.5) is 0 Å². The van der Waals surface area contributed by atoms with E-state index >= 15 is 0 Å². The summed E-state index contributed by atoms with van der Waals surface area (Å²) < 4.78 is 45.6. The van der Waals surface area contributed by atoms with Crippen molar-refractivity contribution in [2.24, 2.45) is 0 Å². The van der Waals surface area contributed by atoms with E-state index in [1.54, 1.807) is 7.11 Å². The molecule has 0 aliphatic rings. The molecule has 3 aromatic carbocycles. The maximum Gasteiger partial charge on any atom is 0.361 e. The quantitative estimate of drug-likeness (QED) is 0.449. The number of halogens is 1. The lowest BCUT2D eigenvalue weighted by molar-refractivity contribution is -2.00. The van der Waals surface area contributed by atoms with Crippen LogP contribution in [0, 0.1) is 10.2 Å². The summed E-state index contributed by atoms with van der Waals surface area (Å²) in [6.45, 7) is 0. The molecule has 0 aliphatic heterocycles. The Hall–Kier alpha value is -3.26. The van der Waals surface area contributed by atoms with Crippen molar-refractivity contribution in [3.63, 3.8) is 0 Å². The Balaban J connectivity index is 0.000000491. The summed E-state index contributed by atoms with van der Waals surface area (Å²) in [5.74, 6) is 2.46. The number of hydrogen-bond acceptors (Lipinski definition) is 5. The van der Waals surface area contributed by atoms with Gasteiger partial charge in [0.15, 0.2) is 0 Å². The van der Waals surface area contributed by atoms with E-state index in [2.05, 4.69) is 36.4 Å². The maximum atomic E-state index is 8.49. The van der Waals surface area contributed by atoms with Crippen LogP contribution in [-0.4, -0.2) is 7.11 Å². The first kappa shape index (κ1) is 22.4. The SMILES string of the molecule is COc1cccc(-c2cc(-c3ccccc3)cc(-c3ccccc3)[o+]2)c1.[O-][Cl+3]([O-])([O-])[O-]. The Kier molecular flexibility index (Phi) is 7.36. The van der Waals surface area contributed by atoms with E-state index in [0.717, 1.165) is 39.5 Å². The molecule has 0 atom stereocenters. The molecule has 0 N–H and O–H groups in total. The van der Waals surface area contributed by atoms with Crippen molar-refractivity contribution in [1.82, 2.24) is 0 Å². The van der Waals surface area contributed by atoms with Crippen LogP contribution in [0.1, 0.15) is 0 Å². The van der Waals surface area contributed by atoms with Gasteiger partial charge in [0.25, 0.3) is 0 Å². The first-order valence-corrected chi connectivity index (χ1v) is 10.4. The molecule has 1 aromatic heterocycles. The van der Waals surface area contributed by atoms with Crippen LogP contribution in [0.3, 0.4) is 0 Å². The monoisotopic (exact) mass is 438 g/mol. The normalized spacial score (nSPS) is 10.7. The van der Waals surface area contributed by atoms with E-state index in [0.29, 0.717) is 0 Å². The summed E-state index contributed by atoms with van der Waals surface area (Å²) in [6, 6.07) is 32.6. The lowest BCUT2D eigenvalue weighted by Gasteiger charge is -2.17. The lowest BCUT2D eigenvalue weighted by atomic mass is 10.0. The van der Waals surface area contributed by atoms with E-state index in [4.69, 9.17) is 27.8 Å². The van der Waals surface area contributed by atoms with Crippen molar-refractivity contribution in [2.45, 2.75) is 0 Å². The summed E-state index contributed by atoms with van der Waals surface area (Å²) in [7, 11) is -3.27. The molecule has 1 heterocycles. The van der Waals surface area contributed by atoms with Crippen molar-refractivity contribution in [3.05, 3.63) is 97.1 Å². The van der Waals surface area contributed by atoms with Gasteiger partial charge in [-0.3, -0.25) is 0 Å². The van der Waals surface area contributed by atoms with Crippen LogP contribution in [0.5, 0.6) is 5.75 Å². The first-order valence-electron chi connectivity index (χ1n) is 9.19. The highest BCUT2D eigenvalue weighted by molar-refractivity contribution is 5.74. The molecule has 0 aliphatic carbocycles. The first-order chi connectivity index (χ1) is 14.8. The van der Waals surface area contributed by atoms with Crippen molar-refractivity contribution in [1.29, 1.82) is 0 Å². The third kappa shape index (κ3) is 6.89. The van der Waals surface area contributed by atoms with Crippen LogP contribution in [-0.2, 0) is 0 Å². The van der Waals surface area contributed by atoms with Gasteiger partial charge in [0.2, 0.25) is 0 Å². The minimum absolute atomic E-state index is 0.809. The highest BCUT2D eigenvalue weighted by Gasteiger charge is 2.20. The van der Waals surface area contributed by atoms with Crippen LogP contribution in [0.2, 0.25) is 0 Å². The topological polar surface area (TPSA) is 113 Å². The zero-order valence-corrected chi connectivity index (χ0v) is 17.3. The summed E-state index contributed by atoms with van der Waals surface area (Å²) >= 11 is 0. The molecule has 31 heavy (non-hydrogen) atoms. The number of rotatable bonds is 4. The second kappa shape index (κ2) is 10.2. The molecule has 4 aromatic rings. The van der Waals surface area contributed by atoms with Crippen molar-refractivity contribution in [2.75, 3.05) is 7.11 Å². The van der Waals surface area contributed by atoms with E-state index in [9.17, 15) is 0 Å². The summed E-state index contributed by atoms with van der Waals surface area (Å²) in [4.78, 5) is 0. The smallest absolute Gasteiger partial charge is 0.361 e. The molecular formula is C24H19ClO6. The molecule has 0 fully saturated rings. The zero-order chi connectivity index (χ0) is 22.3. The Labute approximate surface area is 182 Å². The number of methoxy groups -OCH3 is 1. The second-order valence-corrected chi connectivity index (χ2v) is 7.17. The van der Waals surface area contributed by atoms with Gasteiger partial charge in [-0.2, -0.15) is 0 Å². The Morgan fingerprint density at radius 3 is 1.61 bits per heavy atom. The maximum absolute atomic E-state index is 8.49. The fraction of sp³-hybridized carbons (Fsp3) is 0.0417. The average Bonchev–Trinajstić information content (AvgIpc) is 2.79. The molecule has 7 heteroatoms. The third-order valence-electron chi connectivity index (χ3n) is 4.31. The van der Waals surface area contributed by atoms with Crippen molar-refractivity contribution >= 4 is 0 Å². The molecule has 0 unspecified atom stereocenters. The van der Waals surface area contributed by atoms with E-state index in [1.165, 1.54) is 0 Å². The average molecular weight is 439 g/mol. The molecule has 158 valence electrons. The standard InChI is InChI=1S/C24H19O2.ClHO4/c1-25-22-14-8-13-20(15-22)24-17-21(18-9-4-2-5-10-18)16-23(26-24)19-11-6-3-7-12-19;2-1(3,4)5/h2-17H,1H3;(H,2,3,4,5)/q+1;/p-1. The van der Waals surface area contributed by atoms with Crippen LogP contribution >= 0.6 is 0 Å². The Morgan fingerprint density at radius 2 is 1.06 bits per heavy atom. The number of ether oxygens (including phenoxy) is 1. The van der Waals surface area contributed by atoms with Gasteiger partial charge >= 0.3 is 11.5 Å². The predicted octanol–water partition coefficient (Wildman–Crippen LogP) is 1.81. The molecule has 0 radical (unpaired) electrons. The highest BCUT2D eigenvalue weighted by atomic mass is 35.7. The van der Waals surface area contributed by atoms with Gasteiger partial charge in [-0.1, -0.05) is 54.6 Å². The Bertz CT molecular complexity index is 1050. The lowest BCUT2D eigenvalue weighted by Crippen LogP contribution is -2.68. The summed E-state index contributed by atoms with van der Waals surface area (Å²) in [5, 5.41) is 0. The fourth-order valence-corrected chi connectivity index (χ4v) is 2.96. The van der Waals surface area contributed by atoms with Crippen molar-refractivity contribution < 1.29 is 38.0 Å². The second-order valence-electron chi connectivity index (χ2n) is 6.42. The molecule has 0 saturated carbocycles. The van der Waals surface area contributed by atoms with Gasteiger partial charge in [0.1, 0.15) is 5.75 Å². The van der Waals surface area contributed by atoms with E-state index in [1.807, 2.05) is 60.7 Å². The molecule has 0 saturated heterocycles. The minimum atomic E-state index is -4.94. The zero-order valence-electron chi connectivity index (χ0n) is 16.6. The summed E-state index contributed by atoms with van der Waals surface area (Å²) in [5.41, 5.74) is 4.31. The molecule has 0 amide bonds. The molecular weight excluding hydrogens is 420 g/mol. The van der Waals surface area contributed by atoms with Gasteiger partial charge in [-0.25, -0.2) is 23.1 Å². The largest absolute Gasteiger partial charge is 0.497 e. The highest BCUT2D eigenvalue weighted by Crippen LogP contribution is 2.33. The van der Waals surface area contributed by atoms with Crippen LogP contribution < -0.4 is 23.4 Å². The number of hydrogen-bond donors (Lipinski definition) is 0. The van der Waals surface area contributed by atoms with Gasteiger partial charge in [0, 0.05) is 5.56 Å². The predicted molar refractivity (Wildman–Crippen MR) is 106 cm³/mol. The Morgan fingerprint density at radius 1 is 0.581 bits per heavy atom. The molecule has 4 rings (SSSR count). The van der Waals surface area contributed by atoms with Gasteiger partial charge in [-0.05, 0) is 35.9 Å². The number of benzene rings is 3.